The summed E-state index contributed by atoms with van der Waals surface area (Å²) in [5.74, 6) is -1.66. The number of thiocyanates is 1. The van der Waals surface area contributed by atoms with Crippen LogP contribution in [0.25, 0.3) is 0 Å². The van der Waals surface area contributed by atoms with E-state index < -0.39 is 47.3 Å². The van der Waals surface area contributed by atoms with Crippen LogP contribution in [0, 0.1) is 10.7 Å². The van der Waals surface area contributed by atoms with Crippen LogP contribution < -0.4 is 0 Å². The van der Waals surface area contributed by atoms with Gasteiger partial charge in [0.2, 0.25) is 0 Å². The van der Waals surface area contributed by atoms with Crippen molar-refractivity contribution in [2.45, 2.75) is 50.2 Å². The number of hydrogen-bond acceptors (Lipinski definition) is 9. The second-order valence-electron chi connectivity index (χ2n) is 4.65. The highest BCUT2D eigenvalue weighted by Crippen LogP contribution is 2.32. The number of carbonyl (C=O) groups is 3. The lowest BCUT2D eigenvalue weighted by atomic mass is 10.00. The van der Waals surface area contributed by atoms with E-state index in [1.54, 1.807) is 0 Å². The molecule has 0 aromatic heterocycles. The third-order valence-electron chi connectivity index (χ3n) is 2.80. The number of esters is 3. The van der Waals surface area contributed by atoms with Gasteiger partial charge in [-0.15, -0.1) is 0 Å². The zero-order valence-electron chi connectivity index (χ0n) is 12.7. The Morgan fingerprint density at radius 2 is 1.52 bits per heavy atom. The fourth-order valence-corrected chi connectivity index (χ4v) is 3.29. The highest BCUT2D eigenvalue weighted by molar-refractivity contribution is 9.09. The van der Waals surface area contributed by atoms with E-state index >= 15 is 0 Å². The van der Waals surface area contributed by atoms with E-state index in [4.69, 9.17) is 24.2 Å². The molecule has 0 aromatic rings. The van der Waals surface area contributed by atoms with E-state index in [-0.39, 0.29) is 5.75 Å². The zero-order chi connectivity index (χ0) is 17.6. The summed E-state index contributed by atoms with van der Waals surface area (Å²) in [5.41, 5.74) is 0. The Hall–Kier alpha value is -1.31. The van der Waals surface area contributed by atoms with E-state index in [1.807, 2.05) is 5.40 Å². The van der Waals surface area contributed by atoms with Gasteiger partial charge in [-0.1, -0.05) is 15.9 Å². The summed E-state index contributed by atoms with van der Waals surface area (Å²) in [7, 11) is 0. The topological polar surface area (TPSA) is 112 Å². The molecule has 8 nitrogen and oxygen atoms in total. The molecular formula is C13H16BrNO7S. The first-order valence-corrected chi connectivity index (χ1v) is 8.48. The van der Waals surface area contributed by atoms with E-state index in [1.165, 1.54) is 20.8 Å². The second-order valence-corrected chi connectivity index (χ2v) is 6.36. The van der Waals surface area contributed by atoms with Crippen LogP contribution >= 0.6 is 27.7 Å². The summed E-state index contributed by atoms with van der Waals surface area (Å²) >= 11 is 4.12. The zero-order valence-corrected chi connectivity index (χ0v) is 15.1. The lowest BCUT2D eigenvalue weighted by Gasteiger charge is -2.42. The number of thioether (sulfide) groups is 1. The van der Waals surface area contributed by atoms with Gasteiger partial charge in [0.15, 0.2) is 23.3 Å². The van der Waals surface area contributed by atoms with Crippen molar-refractivity contribution in [2.75, 3.05) is 5.75 Å². The quantitative estimate of drug-likeness (QED) is 0.285. The number of halogens is 1. The summed E-state index contributed by atoms with van der Waals surface area (Å²) in [4.78, 5) is 34.0. The highest BCUT2D eigenvalue weighted by atomic mass is 79.9. The van der Waals surface area contributed by atoms with Crippen LogP contribution in [-0.4, -0.2) is 53.1 Å². The molecule has 0 N–H and O–H groups in total. The summed E-state index contributed by atoms with van der Waals surface area (Å²) in [5, 5.41) is 9.80. The smallest absolute Gasteiger partial charge is 0.303 e. The minimum Gasteiger partial charge on any atom is -0.456 e. The van der Waals surface area contributed by atoms with Gasteiger partial charge in [-0.05, 0) is 11.8 Å². The Labute approximate surface area is 145 Å². The molecule has 0 bridgehead atoms. The molecule has 1 fully saturated rings. The summed E-state index contributed by atoms with van der Waals surface area (Å²) < 4.78 is 21.2. The van der Waals surface area contributed by atoms with Crippen LogP contribution in [0.1, 0.15) is 20.8 Å². The maximum atomic E-state index is 11.4. The minimum absolute atomic E-state index is 0.182. The molecule has 1 aliphatic rings. The van der Waals surface area contributed by atoms with Crippen molar-refractivity contribution in [1.29, 1.82) is 5.26 Å². The lowest BCUT2D eigenvalue weighted by molar-refractivity contribution is -0.227. The van der Waals surface area contributed by atoms with Crippen LogP contribution in [0.5, 0.6) is 0 Å². The Morgan fingerprint density at radius 3 is 2.00 bits per heavy atom. The molecule has 23 heavy (non-hydrogen) atoms. The van der Waals surface area contributed by atoms with Gasteiger partial charge in [0, 0.05) is 26.5 Å². The molecule has 1 rings (SSSR count). The molecule has 1 saturated heterocycles. The highest BCUT2D eigenvalue weighted by Gasteiger charge is 2.50. The molecule has 0 saturated carbocycles. The fourth-order valence-electron chi connectivity index (χ4n) is 2.10. The van der Waals surface area contributed by atoms with E-state index in [0.29, 0.717) is 0 Å². The lowest BCUT2D eigenvalue weighted by Crippen LogP contribution is -2.60. The maximum absolute atomic E-state index is 11.4. The molecule has 0 spiro atoms. The van der Waals surface area contributed by atoms with Gasteiger partial charge in [0.25, 0.3) is 0 Å². The fraction of sp³-hybridized carbons (Fsp3) is 0.692. The molecule has 128 valence electrons. The number of carbonyl (C=O) groups excluding carboxylic acids is 3. The van der Waals surface area contributed by atoms with Gasteiger partial charge in [0.1, 0.15) is 11.5 Å². The second kappa shape index (κ2) is 9.10. The average molecular weight is 410 g/mol. The average Bonchev–Trinajstić information content (AvgIpc) is 2.42. The number of hydrogen-bond donors (Lipinski definition) is 0. The molecule has 5 atom stereocenters. The summed E-state index contributed by atoms with van der Waals surface area (Å²) in [6.45, 7) is 3.58. The first-order chi connectivity index (χ1) is 10.8. The summed E-state index contributed by atoms with van der Waals surface area (Å²) in [6, 6.07) is 0. The van der Waals surface area contributed by atoms with Crippen molar-refractivity contribution < 1.29 is 33.3 Å². The van der Waals surface area contributed by atoms with Crippen molar-refractivity contribution in [1.82, 2.24) is 0 Å². The predicted octanol–water partition coefficient (Wildman–Crippen LogP) is 1.12. The molecule has 0 unspecified atom stereocenters. The van der Waals surface area contributed by atoms with Crippen LogP contribution in [0.2, 0.25) is 0 Å². The molecule has 0 aromatic carbocycles. The Morgan fingerprint density at radius 1 is 1.04 bits per heavy atom. The molecule has 0 amide bonds. The van der Waals surface area contributed by atoms with Gasteiger partial charge in [-0.2, -0.15) is 5.26 Å². The van der Waals surface area contributed by atoms with Crippen molar-refractivity contribution in [2.24, 2.45) is 0 Å². The van der Waals surface area contributed by atoms with Gasteiger partial charge in [-0.3, -0.25) is 14.4 Å². The third kappa shape index (κ3) is 6.01. The minimum atomic E-state index is -1.05. The number of ether oxygens (including phenoxy) is 4. The van der Waals surface area contributed by atoms with Crippen LogP contribution in [-0.2, 0) is 33.3 Å². The van der Waals surface area contributed by atoms with Crippen LogP contribution in [0.3, 0.4) is 0 Å². The Kier molecular flexibility index (Phi) is 7.81. The standard InChI is InChI=1S/C13H16BrNO7S/c1-6(16)19-10-9(4-23-5-15)22-13(14)12(21-8(3)18)11(10)20-7(2)17/h9-13H,4H2,1-3H3/t9-,10+,11+,12-,13+/m1/s1. The normalized spacial score (nSPS) is 30.0. The molecular weight excluding hydrogens is 394 g/mol. The molecule has 1 heterocycles. The van der Waals surface area contributed by atoms with Gasteiger partial charge in [0.05, 0.1) is 0 Å². The van der Waals surface area contributed by atoms with E-state index in [2.05, 4.69) is 15.9 Å². The molecule has 10 heteroatoms. The number of nitrogens with zero attached hydrogens (tertiary/aromatic N) is 1. The van der Waals surface area contributed by atoms with Crippen LogP contribution in [0.4, 0.5) is 0 Å². The van der Waals surface area contributed by atoms with Crippen molar-refractivity contribution in [3.05, 3.63) is 0 Å². The van der Waals surface area contributed by atoms with Crippen molar-refractivity contribution in [3.8, 4) is 5.40 Å². The first kappa shape index (κ1) is 19.7. The predicted molar refractivity (Wildman–Crippen MR) is 82.3 cm³/mol. The Balaban J connectivity index is 3.11. The molecule has 0 aliphatic carbocycles. The monoisotopic (exact) mass is 409 g/mol. The van der Waals surface area contributed by atoms with Crippen LogP contribution in [0.15, 0.2) is 0 Å². The number of rotatable bonds is 5. The van der Waals surface area contributed by atoms with Crippen molar-refractivity contribution in [3.63, 3.8) is 0 Å². The third-order valence-corrected chi connectivity index (χ3v) is 4.16. The molecule has 1 aliphatic heterocycles. The Bertz CT molecular complexity index is 509. The van der Waals surface area contributed by atoms with Gasteiger partial charge >= 0.3 is 17.9 Å². The SMILES string of the molecule is CC(=O)O[C@@H]1[C@@H](OC(C)=O)[C@@H](Br)O[C@H](CSC#N)[C@@H]1OC(C)=O. The maximum Gasteiger partial charge on any atom is 0.303 e. The first-order valence-electron chi connectivity index (χ1n) is 6.58. The number of nitriles is 1. The van der Waals surface area contributed by atoms with E-state index in [0.717, 1.165) is 11.8 Å². The summed E-state index contributed by atoms with van der Waals surface area (Å²) in [6.07, 6.45) is -3.77. The number of alkyl halides is 1. The van der Waals surface area contributed by atoms with Gasteiger partial charge < -0.3 is 18.9 Å². The van der Waals surface area contributed by atoms with Gasteiger partial charge in [-0.25, -0.2) is 0 Å². The largest absolute Gasteiger partial charge is 0.456 e. The van der Waals surface area contributed by atoms with Crippen molar-refractivity contribution >= 4 is 45.6 Å². The van der Waals surface area contributed by atoms with E-state index in [9.17, 15) is 14.4 Å². The molecule has 0 radical (unpaired) electrons.